The standard InChI is InChI=1S/C18H25N5O2/c1-18(2,3)25-17(24)22-10-7-14-13(11-22)16-15-12(6-8-19-20-15)5-4-9-23(16)21-14/h8,12H,4-7,9-11H2,1-3H3. The van der Waals surface area contributed by atoms with E-state index in [0.717, 1.165) is 54.9 Å². The molecule has 1 aromatic heterocycles. The molecular formula is C18H25N5O2. The van der Waals surface area contributed by atoms with Gasteiger partial charge in [0.2, 0.25) is 0 Å². The molecule has 0 bridgehead atoms. The van der Waals surface area contributed by atoms with Gasteiger partial charge < -0.3 is 9.64 Å². The number of hydrogen-bond acceptors (Lipinski definition) is 5. The SMILES string of the molecule is CC(C)(C)OC(=O)N1CCc2nn3c(c2C1)C1=NN=CCC1CCC3. The van der Waals surface area contributed by atoms with E-state index in [1.54, 1.807) is 4.90 Å². The number of ether oxygens (including phenoxy) is 1. The summed E-state index contributed by atoms with van der Waals surface area (Å²) >= 11 is 0. The van der Waals surface area contributed by atoms with Gasteiger partial charge in [0.15, 0.2) is 0 Å². The van der Waals surface area contributed by atoms with E-state index >= 15 is 0 Å². The molecule has 4 rings (SSSR count). The summed E-state index contributed by atoms with van der Waals surface area (Å²) in [5, 5.41) is 13.4. The fourth-order valence-corrected chi connectivity index (χ4v) is 3.81. The smallest absolute Gasteiger partial charge is 0.410 e. The first-order valence-electron chi connectivity index (χ1n) is 9.08. The zero-order chi connectivity index (χ0) is 17.6. The number of fused-ring (bicyclic) bond motifs is 5. The molecule has 0 saturated heterocycles. The van der Waals surface area contributed by atoms with Gasteiger partial charge >= 0.3 is 6.09 Å². The van der Waals surface area contributed by atoms with Crippen LogP contribution >= 0.6 is 0 Å². The monoisotopic (exact) mass is 343 g/mol. The van der Waals surface area contributed by atoms with E-state index in [0.29, 0.717) is 19.0 Å². The van der Waals surface area contributed by atoms with Gasteiger partial charge in [0, 0.05) is 37.2 Å². The lowest BCUT2D eigenvalue weighted by molar-refractivity contribution is 0.0223. The topological polar surface area (TPSA) is 72.1 Å². The number of rotatable bonds is 0. The van der Waals surface area contributed by atoms with Crippen LogP contribution < -0.4 is 0 Å². The second kappa shape index (κ2) is 5.97. The molecule has 1 aromatic rings. The Bertz CT molecular complexity index is 756. The third kappa shape index (κ3) is 3.07. The fourth-order valence-electron chi connectivity index (χ4n) is 3.81. The Morgan fingerprint density at radius 1 is 1.32 bits per heavy atom. The molecule has 0 radical (unpaired) electrons. The summed E-state index contributed by atoms with van der Waals surface area (Å²) in [6.07, 6.45) is 5.55. The van der Waals surface area contributed by atoms with Crippen LogP contribution in [-0.2, 0) is 24.2 Å². The molecule has 0 fully saturated rings. The highest BCUT2D eigenvalue weighted by atomic mass is 16.6. The summed E-state index contributed by atoms with van der Waals surface area (Å²) in [5.41, 5.74) is 3.86. The van der Waals surface area contributed by atoms with Gasteiger partial charge in [-0.05, 0) is 40.0 Å². The van der Waals surface area contributed by atoms with E-state index in [9.17, 15) is 4.79 Å². The Morgan fingerprint density at radius 3 is 2.96 bits per heavy atom. The predicted octanol–water partition coefficient (Wildman–Crippen LogP) is 2.76. The molecule has 1 unspecified atom stereocenters. The van der Waals surface area contributed by atoms with Crippen LogP contribution in [0.1, 0.15) is 57.0 Å². The highest BCUT2D eigenvalue weighted by Crippen LogP contribution is 2.31. The zero-order valence-electron chi connectivity index (χ0n) is 15.2. The van der Waals surface area contributed by atoms with E-state index in [4.69, 9.17) is 9.84 Å². The minimum absolute atomic E-state index is 0.258. The lowest BCUT2D eigenvalue weighted by atomic mass is 9.90. The first-order chi connectivity index (χ1) is 11.9. The van der Waals surface area contributed by atoms with Crippen LogP contribution in [0, 0.1) is 5.92 Å². The second-order valence-electron chi connectivity index (χ2n) is 8.01. The van der Waals surface area contributed by atoms with Crippen molar-refractivity contribution < 1.29 is 9.53 Å². The molecule has 25 heavy (non-hydrogen) atoms. The summed E-state index contributed by atoms with van der Waals surface area (Å²) in [4.78, 5) is 14.3. The van der Waals surface area contributed by atoms with Gasteiger partial charge in [0.05, 0.1) is 23.6 Å². The molecule has 0 aromatic carbocycles. The average molecular weight is 343 g/mol. The summed E-state index contributed by atoms with van der Waals surface area (Å²) in [6.45, 7) is 7.77. The molecule has 0 spiro atoms. The second-order valence-corrected chi connectivity index (χ2v) is 8.01. The number of aromatic nitrogens is 2. The number of hydrogen-bond donors (Lipinski definition) is 0. The Morgan fingerprint density at radius 2 is 2.16 bits per heavy atom. The first kappa shape index (κ1) is 16.3. The number of carbonyl (C=O) groups is 1. The van der Waals surface area contributed by atoms with E-state index in [1.807, 2.05) is 27.0 Å². The predicted molar refractivity (Wildman–Crippen MR) is 94.9 cm³/mol. The minimum atomic E-state index is -0.486. The highest BCUT2D eigenvalue weighted by Gasteiger charge is 2.35. The fraction of sp³-hybridized carbons (Fsp3) is 0.667. The van der Waals surface area contributed by atoms with Gasteiger partial charge in [-0.1, -0.05) is 0 Å². The van der Waals surface area contributed by atoms with Gasteiger partial charge in [-0.2, -0.15) is 15.3 Å². The molecule has 7 heteroatoms. The van der Waals surface area contributed by atoms with Gasteiger partial charge in [0.1, 0.15) is 5.60 Å². The molecule has 1 atom stereocenters. The number of carbonyl (C=O) groups excluding carboxylic acids is 1. The number of amides is 1. The van der Waals surface area contributed by atoms with Crippen molar-refractivity contribution in [3.05, 3.63) is 17.0 Å². The maximum absolute atomic E-state index is 12.5. The molecule has 1 amide bonds. The van der Waals surface area contributed by atoms with Crippen LogP contribution in [0.3, 0.4) is 0 Å². The van der Waals surface area contributed by atoms with Crippen LogP contribution in [0.5, 0.6) is 0 Å². The quantitative estimate of drug-likeness (QED) is 0.727. The highest BCUT2D eigenvalue weighted by molar-refractivity contribution is 6.04. The summed E-state index contributed by atoms with van der Waals surface area (Å²) < 4.78 is 7.64. The third-order valence-electron chi connectivity index (χ3n) is 4.94. The molecular weight excluding hydrogens is 318 g/mol. The maximum Gasteiger partial charge on any atom is 0.410 e. The van der Waals surface area contributed by atoms with Crippen LogP contribution in [0.2, 0.25) is 0 Å². The molecule has 7 nitrogen and oxygen atoms in total. The largest absolute Gasteiger partial charge is 0.444 e. The Labute approximate surface area is 147 Å². The van der Waals surface area contributed by atoms with Crippen LogP contribution in [-0.4, -0.2) is 44.8 Å². The molecule has 134 valence electrons. The molecule has 0 saturated carbocycles. The summed E-state index contributed by atoms with van der Waals surface area (Å²) in [6, 6.07) is 0. The lowest BCUT2D eigenvalue weighted by Gasteiger charge is -2.30. The first-order valence-corrected chi connectivity index (χ1v) is 9.08. The van der Waals surface area contributed by atoms with Crippen molar-refractivity contribution in [3.63, 3.8) is 0 Å². The third-order valence-corrected chi connectivity index (χ3v) is 4.94. The minimum Gasteiger partial charge on any atom is -0.444 e. The summed E-state index contributed by atoms with van der Waals surface area (Å²) in [7, 11) is 0. The van der Waals surface area contributed by atoms with E-state index in [-0.39, 0.29) is 6.09 Å². The van der Waals surface area contributed by atoms with Crippen molar-refractivity contribution in [2.75, 3.05) is 6.54 Å². The van der Waals surface area contributed by atoms with Gasteiger partial charge in [0.25, 0.3) is 0 Å². The average Bonchev–Trinajstić information content (AvgIpc) is 2.80. The normalized spacial score (nSPS) is 22.4. The molecule has 0 aliphatic carbocycles. The zero-order valence-corrected chi connectivity index (χ0v) is 15.2. The van der Waals surface area contributed by atoms with Crippen molar-refractivity contribution in [3.8, 4) is 0 Å². The Kier molecular flexibility index (Phi) is 3.89. The van der Waals surface area contributed by atoms with Gasteiger partial charge in [-0.3, -0.25) is 4.68 Å². The van der Waals surface area contributed by atoms with Crippen molar-refractivity contribution in [2.24, 2.45) is 16.1 Å². The molecule has 3 aliphatic rings. The molecule has 0 N–H and O–H groups in total. The van der Waals surface area contributed by atoms with Crippen LogP contribution in [0.25, 0.3) is 0 Å². The van der Waals surface area contributed by atoms with Crippen molar-refractivity contribution in [2.45, 2.75) is 65.1 Å². The molecule has 3 aliphatic heterocycles. The van der Waals surface area contributed by atoms with E-state index < -0.39 is 5.60 Å². The number of nitrogens with zero attached hydrogens (tertiary/aromatic N) is 5. The number of aryl methyl sites for hydroxylation is 1. The van der Waals surface area contributed by atoms with Gasteiger partial charge in [-0.15, -0.1) is 0 Å². The van der Waals surface area contributed by atoms with E-state index in [1.165, 1.54) is 0 Å². The van der Waals surface area contributed by atoms with Crippen molar-refractivity contribution >= 4 is 18.0 Å². The van der Waals surface area contributed by atoms with E-state index in [2.05, 4.69) is 14.9 Å². The summed E-state index contributed by atoms with van der Waals surface area (Å²) in [5.74, 6) is 0.413. The van der Waals surface area contributed by atoms with Crippen LogP contribution in [0.4, 0.5) is 4.79 Å². The maximum atomic E-state index is 12.5. The van der Waals surface area contributed by atoms with Crippen molar-refractivity contribution in [1.29, 1.82) is 0 Å². The van der Waals surface area contributed by atoms with Gasteiger partial charge in [-0.25, -0.2) is 4.79 Å². The van der Waals surface area contributed by atoms with Crippen molar-refractivity contribution in [1.82, 2.24) is 14.7 Å². The molecule has 4 heterocycles. The van der Waals surface area contributed by atoms with Crippen LogP contribution in [0.15, 0.2) is 10.2 Å². The Hall–Kier alpha value is -2.18. The Balaban J connectivity index is 1.67. The lowest BCUT2D eigenvalue weighted by Crippen LogP contribution is -2.40.